The third-order valence-electron chi connectivity index (χ3n) is 4.82. The van der Waals surface area contributed by atoms with E-state index >= 15 is 0 Å². The maximum absolute atomic E-state index is 12.6. The van der Waals surface area contributed by atoms with E-state index in [0.29, 0.717) is 23.4 Å². The predicted octanol–water partition coefficient (Wildman–Crippen LogP) is 4.55. The highest BCUT2D eigenvalue weighted by Gasteiger charge is 2.19. The molecule has 142 valence electrons. The van der Waals surface area contributed by atoms with Gasteiger partial charge in [-0.3, -0.25) is 4.79 Å². The Labute approximate surface area is 159 Å². The van der Waals surface area contributed by atoms with Gasteiger partial charge in [0.15, 0.2) is 17.7 Å². The quantitative estimate of drug-likeness (QED) is 0.719. The number of amides is 1. The molecule has 5 nitrogen and oxygen atoms in total. The van der Waals surface area contributed by atoms with Gasteiger partial charge in [-0.25, -0.2) is 4.98 Å². The Bertz CT molecular complexity index is 936. The zero-order valence-electron chi connectivity index (χ0n) is 16.5. The molecule has 0 radical (unpaired) electrons. The highest BCUT2D eigenvalue weighted by Crippen LogP contribution is 2.30. The lowest BCUT2D eigenvalue weighted by atomic mass is 9.87. The number of methoxy groups -OCH3 is 1. The second-order valence-corrected chi connectivity index (χ2v) is 7.81. The molecule has 1 atom stereocenters. The predicted molar refractivity (Wildman–Crippen MR) is 106 cm³/mol. The summed E-state index contributed by atoms with van der Waals surface area (Å²) < 4.78 is 10.7. The number of rotatable bonds is 5. The molecule has 0 saturated heterocycles. The van der Waals surface area contributed by atoms with Gasteiger partial charge in [-0.05, 0) is 41.2 Å². The average Bonchev–Trinajstić information content (AvgIpc) is 3.13. The van der Waals surface area contributed by atoms with Crippen LogP contribution in [0.4, 0.5) is 0 Å². The zero-order valence-corrected chi connectivity index (χ0v) is 16.5. The summed E-state index contributed by atoms with van der Waals surface area (Å²) >= 11 is 0. The summed E-state index contributed by atoms with van der Waals surface area (Å²) in [5.41, 5.74) is 4.59. The monoisotopic (exact) mass is 366 g/mol. The number of nitrogens with one attached hydrogen (secondary N) is 1. The Morgan fingerprint density at radius 3 is 2.56 bits per heavy atom. The number of hydrogen-bond donors (Lipinski definition) is 1. The van der Waals surface area contributed by atoms with Gasteiger partial charge < -0.3 is 14.5 Å². The van der Waals surface area contributed by atoms with Crippen LogP contribution in [0.15, 0.2) is 47.2 Å². The summed E-state index contributed by atoms with van der Waals surface area (Å²) in [5, 5.41) is 3.01. The molecule has 1 amide bonds. The summed E-state index contributed by atoms with van der Waals surface area (Å²) in [4.78, 5) is 16.8. The maximum atomic E-state index is 12.6. The number of carbonyl (C=O) groups excluding carboxylic acids is 1. The number of aromatic nitrogens is 1. The van der Waals surface area contributed by atoms with Crippen molar-refractivity contribution in [1.82, 2.24) is 10.3 Å². The van der Waals surface area contributed by atoms with Crippen LogP contribution in [0.1, 0.15) is 50.3 Å². The van der Waals surface area contributed by atoms with Gasteiger partial charge in [0.2, 0.25) is 5.91 Å². The lowest BCUT2D eigenvalue weighted by molar-refractivity contribution is -0.122. The standard InChI is InChI=1S/C22H26N2O3/c1-14(16-10-18-20(27-13-24-18)19(11-16)26-5)21(25)23-12-15-6-8-17(9-7-15)22(2,3)4/h6-11,13-14H,12H2,1-5H3,(H,23,25). The first-order valence-electron chi connectivity index (χ1n) is 9.08. The molecule has 0 bridgehead atoms. The Kier molecular flexibility index (Phi) is 5.22. The van der Waals surface area contributed by atoms with Crippen LogP contribution in [-0.2, 0) is 16.8 Å². The molecule has 5 heteroatoms. The van der Waals surface area contributed by atoms with E-state index in [1.54, 1.807) is 7.11 Å². The molecule has 0 aliphatic rings. The Morgan fingerprint density at radius 2 is 1.93 bits per heavy atom. The highest BCUT2D eigenvalue weighted by molar-refractivity contribution is 5.86. The van der Waals surface area contributed by atoms with Crippen molar-refractivity contribution in [2.45, 2.75) is 45.6 Å². The van der Waals surface area contributed by atoms with Gasteiger partial charge in [-0.2, -0.15) is 0 Å². The van der Waals surface area contributed by atoms with E-state index in [4.69, 9.17) is 9.15 Å². The number of fused-ring (bicyclic) bond motifs is 1. The van der Waals surface area contributed by atoms with Crippen LogP contribution in [0.2, 0.25) is 0 Å². The van der Waals surface area contributed by atoms with Crippen LogP contribution in [0, 0.1) is 0 Å². The van der Waals surface area contributed by atoms with Crippen molar-refractivity contribution >= 4 is 17.0 Å². The third-order valence-corrected chi connectivity index (χ3v) is 4.82. The minimum atomic E-state index is -0.325. The van der Waals surface area contributed by atoms with Crippen LogP contribution < -0.4 is 10.1 Å². The molecular weight excluding hydrogens is 340 g/mol. The maximum Gasteiger partial charge on any atom is 0.227 e. The SMILES string of the molecule is COc1cc(C(C)C(=O)NCc2ccc(C(C)(C)C)cc2)cc2ncoc12. The fourth-order valence-corrected chi connectivity index (χ4v) is 2.98. The van der Waals surface area contributed by atoms with Gasteiger partial charge in [0.1, 0.15) is 5.52 Å². The Hall–Kier alpha value is -2.82. The van der Waals surface area contributed by atoms with E-state index in [-0.39, 0.29) is 17.2 Å². The summed E-state index contributed by atoms with van der Waals surface area (Å²) in [6, 6.07) is 12.1. The van der Waals surface area contributed by atoms with Crippen LogP contribution in [0.3, 0.4) is 0 Å². The molecule has 0 aliphatic heterocycles. The molecule has 2 aromatic carbocycles. The van der Waals surface area contributed by atoms with Gasteiger partial charge in [0.25, 0.3) is 0 Å². The fraction of sp³-hybridized carbons (Fsp3) is 0.364. The Morgan fingerprint density at radius 1 is 1.22 bits per heavy atom. The van der Waals surface area contributed by atoms with Gasteiger partial charge in [-0.1, -0.05) is 45.0 Å². The van der Waals surface area contributed by atoms with Gasteiger partial charge in [0, 0.05) is 6.54 Å². The molecule has 3 rings (SSSR count). The largest absolute Gasteiger partial charge is 0.493 e. The number of hydrogen-bond acceptors (Lipinski definition) is 4. The second kappa shape index (κ2) is 7.43. The van der Waals surface area contributed by atoms with Gasteiger partial charge in [-0.15, -0.1) is 0 Å². The third kappa shape index (κ3) is 4.13. The summed E-state index contributed by atoms with van der Waals surface area (Å²) in [6.07, 6.45) is 1.38. The second-order valence-electron chi connectivity index (χ2n) is 7.81. The van der Waals surface area contributed by atoms with Crippen LogP contribution in [-0.4, -0.2) is 18.0 Å². The zero-order chi connectivity index (χ0) is 19.6. The van der Waals surface area contributed by atoms with E-state index in [1.807, 2.05) is 19.1 Å². The summed E-state index contributed by atoms with van der Waals surface area (Å²) in [5.74, 6) is 0.214. The van der Waals surface area contributed by atoms with Gasteiger partial charge in [0.05, 0.1) is 13.0 Å². The first kappa shape index (κ1) is 19.0. The molecule has 1 unspecified atom stereocenters. The van der Waals surface area contributed by atoms with E-state index < -0.39 is 0 Å². The van der Waals surface area contributed by atoms with E-state index in [0.717, 1.165) is 11.1 Å². The molecule has 1 N–H and O–H groups in total. The number of ether oxygens (including phenoxy) is 1. The number of oxazole rings is 1. The van der Waals surface area contributed by atoms with Crippen molar-refractivity contribution in [1.29, 1.82) is 0 Å². The lowest BCUT2D eigenvalue weighted by Crippen LogP contribution is -2.27. The van der Waals surface area contributed by atoms with Crippen molar-refractivity contribution < 1.29 is 13.9 Å². The molecule has 27 heavy (non-hydrogen) atoms. The molecular formula is C22H26N2O3. The van der Waals surface area contributed by atoms with E-state index in [1.165, 1.54) is 12.0 Å². The number of nitrogens with zero attached hydrogens (tertiary/aromatic N) is 1. The van der Waals surface area contributed by atoms with Crippen molar-refractivity contribution in [3.63, 3.8) is 0 Å². The number of benzene rings is 2. The first-order valence-corrected chi connectivity index (χ1v) is 9.08. The average molecular weight is 366 g/mol. The molecule has 0 aliphatic carbocycles. The van der Waals surface area contributed by atoms with E-state index in [9.17, 15) is 4.79 Å². The van der Waals surface area contributed by atoms with E-state index in [2.05, 4.69) is 55.3 Å². The van der Waals surface area contributed by atoms with Crippen molar-refractivity contribution in [2.75, 3.05) is 7.11 Å². The van der Waals surface area contributed by atoms with Gasteiger partial charge >= 0.3 is 0 Å². The van der Waals surface area contributed by atoms with Crippen molar-refractivity contribution in [3.05, 3.63) is 59.5 Å². The topological polar surface area (TPSA) is 64.4 Å². The molecule has 0 fully saturated rings. The lowest BCUT2D eigenvalue weighted by Gasteiger charge is -2.19. The first-order chi connectivity index (χ1) is 12.8. The summed E-state index contributed by atoms with van der Waals surface area (Å²) in [6.45, 7) is 8.93. The minimum Gasteiger partial charge on any atom is -0.493 e. The fourth-order valence-electron chi connectivity index (χ4n) is 2.98. The smallest absolute Gasteiger partial charge is 0.227 e. The normalized spacial score (nSPS) is 12.8. The molecule has 3 aromatic rings. The van der Waals surface area contributed by atoms with Crippen molar-refractivity contribution in [3.8, 4) is 5.75 Å². The van der Waals surface area contributed by atoms with Crippen molar-refractivity contribution in [2.24, 2.45) is 0 Å². The Balaban J connectivity index is 1.69. The molecule has 0 saturated carbocycles. The van der Waals surface area contributed by atoms with Crippen LogP contribution in [0.25, 0.3) is 11.1 Å². The molecule has 1 heterocycles. The number of carbonyl (C=O) groups is 1. The van der Waals surface area contributed by atoms with Crippen LogP contribution in [0.5, 0.6) is 5.75 Å². The molecule has 1 aromatic heterocycles. The molecule has 0 spiro atoms. The summed E-state index contributed by atoms with van der Waals surface area (Å²) in [7, 11) is 1.58. The van der Waals surface area contributed by atoms with Crippen LogP contribution >= 0.6 is 0 Å². The highest BCUT2D eigenvalue weighted by atomic mass is 16.5. The minimum absolute atomic E-state index is 0.0419.